The van der Waals surface area contributed by atoms with E-state index >= 15 is 0 Å². The standard InChI is InChI=1S/C32H41F5O4/c1-2-3-4-5-6-7-8-9-10-11-12-13-14-15-16-19-22-40-31(38)23-20-17-18-21-24(23)32(39)41-30-28(36)26(34)25(33)27(35)29(30)37/h17-18,20-21H,2-16,19,22H2,1H3. The summed E-state index contributed by atoms with van der Waals surface area (Å²) in [5.41, 5.74) is -0.689. The van der Waals surface area contributed by atoms with E-state index in [-0.39, 0.29) is 12.2 Å². The van der Waals surface area contributed by atoms with E-state index in [4.69, 9.17) is 4.74 Å². The van der Waals surface area contributed by atoms with Crippen LogP contribution in [0.5, 0.6) is 5.75 Å². The van der Waals surface area contributed by atoms with Crippen LogP contribution in [0.25, 0.3) is 0 Å². The highest BCUT2D eigenvalue weighted by Gasteiger charge is 2.30. The van der Waals surface area contributed by atoms with Crippen LogP contribution in [0.2, 0.25) is 0 Å². The van der Waals surface area contributed by atoms with Gasteiger partial charge in [-0.15, -0.1) is 0 Å². The lowest BCUT2D eigenvalue weighted by Gasteiger charge is -2.11. The summed E-state index contributed by atoms with van der Waals surface area (Å²) in [6, 6.07) is 5.15. The van der Waals surface area contributed by atoms with Gasteiger partial charge in [0, 0.05) is 0 Å². The van der Waals surface area contributed by atoms with Crippen molar-refractivity contribution in [3.8, 4) is 5.75 Å². The first kappa shape index (κ1) is 34.2. The van der Waals surface area contributed by atoms with Crippen molar-refractivity contribution in [3.63, 3.8) is 0 Å². The molecule has 0 aliphatic rings. The van der Waals surface area contributed by atoms with E-state index in [2.05, 4.69) is 11.7 Å². The second-order valence-corrected chi connectivity index (χ2v) is 10.3. The fourth-order valence-corrected chi connectivity index (χ4v) is 4.55. The summed E-state index contributed by atoms with van der Waals surface area (Å²) in [6.07, 6.45) is 19.3. The summed E-state index contributed by atoms with van der Waals surface area (Å²) in [5, 5.41) is 0. The third-order valence-electron chi connectivity index (χ3n) is 6.96. The molecule has 0 saturated carbocycles. The Bertz CT molecular complexity index is 1080. The zero-order chi connectivity index (χ0) is 30.0. The second-order valence-electron chi connectivity index (χ2n) is 10.3. The van der Waals surface area contributed by atoms with Crippen molar-refractivity contribution in [2.45, 2.75) is 110 Å². The fraction of sp³-hybridized carbons (Fsp3) is 0.562. The van der Waals surface area contributed by atoms with Crippen molar-refractivity contribution >= 4 is 11.9 Å². The van der Waals surface area contributed by atoms with Gasteiger partial charge in [-0.1, -0.05) is 115 Å². The summed E-state index contributed by atoms with van der Waals surface area (Å²) in [5.74, 6) is -15.5. The monoisotopic (exact) mass is 584 g/mol. The third-order valence-corrected chi connectivity index (χ3v) is 6.96. The van der Waals surface area contributed by atoms with Crippen LogP contribution in [-0.4, -0.2) is 18.5 Å². The molecule has 0 aliphatic carbocycles. The highest BCUT2D eigenvalue weighted by Crippen LogP contribution is 2.30. The largest absolute Gasteiger partial charge is 0.462 e. The molecule has 0 unspecified atom stereocenters. The molecule has 9 heteroatoms. The number of hydrogen-bond donors (Lipinski definition) is 0. The van der Waals surface area contributed by atoms with Gasteiger partial charge in [0.2, 0.25) is 34.8 Å². The van der Waals surface area contributed by atoms with Crippen molar-refractivity contribution in [2.24, 2.45) is 0 Å². The highest BCUT2D eigenvalue weighted by molar-refractivity contribution is 6.03. The zero-order valence-electron chi connectivity index (χ0n) is 23.9. The van der Waals surface area contributed by atoms with E-state index in [9.17, 15) is 31.5 Å². The Kier molecular flexibility index (Phi) is 16.0. The van der Waals surface area contributed by atoms with Gasteiger partial charge in [-0.25, -0.2) is 22.8 Å². The van der Waals surface area contributed by atoms with Crippen LogP contribution in [0, 0.1) is 29.1 Å². The van der Waals surface area contributed by atoms with Gasteiger partial charge in [-0.3, -0.25) is 0 Å². The average molecular weight is 585 g/mol. The quantitative estimate of drug-likeness (QED) is 0.0388. The Morgan fingerprint density at radius 2 is 0.902 bits per heavy atom. The Balaban J connectivity index is 1.65. The predicted octanol–water partition coefficient (Wildman–Crippen LogP) is 10.0. The van der Waals surface area contributed by atoms with Gasteiger partial charge in [0.05, 0.1) is 17.7 Å². The number of benzene rings is 2. The highest BCUT2D eigenvalue weighted by atomic mass is 19.2. The van der Waals surface area contributed by atoms with Crippen LogP contribution in [0.3, 0.4) is 0 Å². The van der Waals surface area contributed by atoms with Crippen molar-refractivity contribution in [1.29, 1.82) is 0 Å². The van der Waals surface area contributed by atoms with E-state index in [1.54, 1.807) is 0 Å². The first-order chi connectivity index (χ1) is 19.8. The van der Waals surface area contributed by atoms with Gasteiger partial charge in [0.25, 0.3) is 0 Å². The minimum atomic E-state index is -2.38. The topological polar surface area (TPSA) is 52.6 Å². The molecule has 0 atom stereocenters. The fourth-order valence-electron chi connectivity index (χ4n) is 4.55. The molecule has 0 aliphatic heterocycles. The van der Waals surface area contributed by atoms with E-state index in [0.29, 0.717) is 6.42 Å². The number of unbranched alkanes of at least 4 members (excludes halogenated alkanes) is 15. The first-order valence-electron chi connectivity index (χ1n) is 14.8. The molecule has 0 amide bonds. The minimum absolute atomic E-state index is 0.109. The molecular formula is C32H41F5O4. The molecule has 41 heavy (non-hydrogen) atoms. The van der Waals surface area contributed by atoms with Gasteiger partial charge < -0.3 is 9.47 Å². The number of hydrogen-bond acceptors (Lipinski definition) is 4. The lowest BCUT2D eigenvalue weighted by molar-refractivity contribution is 0.0489. The van der Waals surface area contributed by atoms with Crippen LogP contribution in [0.15, 0.2) is 24.3 Å². The van der Waals surface area contributed by atoms with Crippen LogP contribution in [-0.2, 0) is 4.74 Å². The molecule has 0 radical (unpaired) electrons. The number of esters is 2. The van der Waals surface area contributed by atoms with E-state index in [0.717, 1.165) is 25.3 Å². The SMILES string of the molecule is CCCCCCCCCCCCCCCCCCOC(=O)c1ccccc1C(=O)Oc1c(F)c(F)c(F)c(F)c1F. The molecule has 0 N–H and O–H groups in total. The van der Waals surface area contributed by atoms with E-state index in [1.165, 1.54) is 95.2 Å². The molecular weight excluding hydrogens is 543 g/mol. The number of ether oxygens (including phenoxy) is 2. The smallest absolute Gasteiger partial charge is 0.344 e. The van der Waals surface area contributed by atoms with Gasteiger partial charge in [-0.05, 0) is 18.6 Å². The number of halogens is 5. The maximum Gasteiger partial charge on any atom is 0.344 e. The number of carbonyl (C=O) groups excluding carboxylic acids is 2. The predicted molar refractivity (Wildman–Crippen MR) is 147 cm³/mol. The first-order valence-corrected chi connectivity index (χ1v) is 14.8. The zero-order valence-corrected chi connectivity index (χ0v) is 23.9. The molecule has 2 rings (SSSR count). The van der Waals surface area contributed by atoms with E-state index in [1.807, 2.05) is 0 Å². The average Bonchev–Trinajstić information content (AvgIpc) is 2.98. The lowest BCUT2D eigenvalue weighted by atomic mass is 10.0. The summed E-state index contributed by atoms with van der Waals surface area (Å²) < 4.78 is 77.6. The Morgan fingerprint density at radius 3 is 1.34 bits per heavy atom. The Hall–Kier alpha value is -2.97. The molecule has 2 aromatic rings. The van der Waals surface area contributed by atoms with Crippen LogP contribution in [0.4, 0.5) is 22.0 Å². The number of rotatable bonds is 20. The molecule has 0 saturated heterocycles. The summed E-state index contributed by atoms with van der Waals surface area (Å²) in [7, 11) is 0. The molecule has 228 valence electrons. The second kappa shape index (κ2) is 19.2. The molecule has 2 aromatic carbocycles. The lowest BCUT2D eigenvalue weighted by Crippen LogP contribution is -2.18. The van der Waals surface area contributed by atoms with Crippen molar-refractivity contribution in [1.82, 2.24) is 0 Å². The van der Waals surface area contributed by atoms with Crippen molar-refractivity contribution in [3.05, 3.63) is 64.5 Å². The Labute approximate surface area is 239 Å². The Morgan fingerprint density at radius 1 is 0.537 bits per heavy atom. The summed E-state index contributed by atoms with van der Waals surface area (Å²) >= 11 is 0. The van der Waals surface area contributed by atoms with Gasteiger partial charge in [0.15, 0.2) is 0 Å². The van der Waals surface area contributed by atoms with Crippen molar-refractivity contribution < 1.29 is 41.0 Å². The normalized spacial score (nSPS) is 11.1. The maximum absolute atomic E-state index is 13.9. The van der Waals surface area contributed by atoms with Crippen LogP contribution < -0.4 is 4.74 Å². The van der Waals surface area contributed by atoms with Crippen LogP contribution >= 0.6 is 0 Å². The molecule has 0 aromatic heterocycles. The van der Waals surface area contributed by atoms with Gasteiger partial charge in [-0.2, -0.15) is 8.78 Å². The molecule has 0 spiro atoms. The third kappa shape index (κ3) is 11.4. The molecule has 4 nitrogen and oxygen atoms in total. The molecule has 0 fully saturated rings. The number of carbonyl (C=O) groups is 2. The van der Waals surface area contributed by atoms with E-state index < -0.39 is 52.3 Å². The van der Waals surface area contributed by atoms with Gasteiger partial charge in [0.1, 0.15) is 0 Å². The molecule has 0 heterocycles. The van der Waals surface area contributed by atoms with Crippen LogP contribution in [0.1, 0.15) is 130 Å². The van der Waals surface area contributed by atoms with Crippen molar-refractivity contribution in [2.75, 3.05) is 6.61 Å². The molecule has 0 bridgehead atoms. The minimum Gasteiger partial charge on any atom is -0.462 e. The van der Waals surface area contributed by atoms with Gasteiger partial charge >= 0.3 is 11.9 Å². The summed E-state index contributed by atoms with van der Waals surface area (Å²) in [4.78, 5) is 25.0. The summed E-state index contributed by atoms with van der Waals surface area (Å²) in [6.45, 7) is 2.34. The maximum atomic E-state index is 13.9.